The molecular weight excluding hydrogens is 1480 g/mol. The summed E-state index contributed by atoms with van der Waals surface area (Å²) in [5.41, 5.74) is 26.1. The molecule has 0 amide bonds. The van der Waals surface area contributed by atoms with Crippen LogP contribution in [0.15, 0.2) is 322 Å². The lowest BCUT2D eigenvalue weighted by Crippen LogP contribution is -1.88. The van der Waals surface area contributed by atoms with E-state index in [0.717, 1.165) is 66.6 Å². The van der Waals surface area contributed by atoms with Gasteiger partial charge >= 0.3 is 0 Å². The van der Waals surface area contributed by atoms with Gasteiger partial charge in [0.05, 0.1) is 66.2 Å². The summed E-state index contributed by atoms with van der Waals surface area (Å²) >= 11 is 7.51. The Labute approximate surface area is 667 Å². The Kier molecular flexibility index (Phi) is 12.6. The predicted molar refractivity (Wildman–Crippen MR) is 490 cm³/mol. The molecule has 29 rings (SSSR count). The Hall–Kier alpha value is -14.2. The molecule has 0 saturated carbocycles. The fraction of sp³-hybridized carbons (Fsp3) is 0. The van der Waals surface area contributed by atoms with E-state index in [9.17, 15) is 0 Å². The number of hydrogen-bond acceptors (Lipinski definition) is 10. The van der Waals surface area contributed by atoms with E-state index >= 15 is 0 Å². The third-order valence-corrected chi connectivity index (χ3v) is 28.6. The second-order valence-electron chi connectivity index (χ2n) is 30.2. The van der Waals surface area contributed by atoms with Gasteiger partial charge < -0.3 is 0 Å². The number of thiophene rings is 4. The van der Waals surface area contributed by atoms with Gasteiger partial charge in [-0.05, 0) is 137 Å². The largest absolute Gasteiger partial charge is 0.291 e. The third kappa shape index (κ3) is 8.67. The predicted octanol–water partition coefficient (Wildman–Crippen LogP) is 28.8. The van der Waals surface area contributed by atoms with E-state index < -0.39 is 0 Å². The molecule has 13 heterocycles. The number of para-hydroxylation sites is 9. The molecule has 0 unspecified atom stereocenters. The molecular formula is C102H53N9S4. The molecule has 29 aromatic rings. The second kappa shape index (κ2) is 23.2. The number of fused-ring (bicyclic) bond motifs is 36. The maximum atomic E-state index is 5.15. The molecule has 9 nitrogen and oxygen atoms in total. The van der Waals surface area contributed by atoms with Crippen LogP contribution in [0.25, 0.3) is 262 Å². The van der Waals surface area contributed by atoms with Gasteiger partial charge in [0.2, 0.25) is 0 Å². The van der Waals surface area contributed by atoms with Crippen molar-refractivity contribution < 1.29 is 0 Å². The maximum absolute atomic E-state index is 5.15. The zero-order valence-electron chi connectivity index (χ0n) is 60.8. The summed E-state index contributed by atoms with van der Waals surface area (Å²) < 4.78 is 17.5. The SMILES string of the molecule is c1ccc(-c2ccc3sc4cc5c6nc7ccccc7nc6n6c7ccccc7c(c4c3c2)c56)cc1.c1ccc(-c2cccc3c2sc2cc4c5nc6ccccc6nc5n5c6ccccc6c(c23)c45)cc1.c1ccc2nc3c(nc2c1)c1cc2sc4cc(-c5ccc6c(c5)sc5ccccc56)ccc4c2c2c4ccccc4n3c12. The van der Waals surface area contributed by atoms with Crippen LogP contribution in [0.1, 0.15) is 0 Å². The quantitative estimate of drug-likeness (QED) is 0.175. The molecule has 0 aliphatic heterocycles. The first-order valence-electron chi connectivity index (χ1n) is 38.6. The van der Waals surface area contributed by atoms with Crippen molar-refractivity contribution in [2.75, 3.05) is 0 Å². The molecule has 0 fully saturated rings. The Morgan fingerprint density at radius 3 is 1.07 bits per heavy atom. The minimum absolute atomic E-state index is 0.925. The normalized spacial score (nSPS) is 12.5. The van der Waals surface area contributed by atoms with E-state index in [1.165, 1.54) is 196 Å². The van der Waals surface area contributed by atoms with Crippen molar-refractivity contribution in [1.82, 2.24) is 43.1 Å². The van der Waals surface area contributed by atoms with Crippen molar-refractivity contribution in [3.05, 3.63) is 322 Å². The Morgan fingerprint density at radius 1 is 0.191 bits per heavy atom. The zero-order valence-corrected chi connectivity index (χ0v) is 64.0. The summed E-state index contributed by atoms with van der Waals surface area (Å²) in [5.74, 6) is 0. The third-order valence-electron chi connectivity index (χ3n) is 24.1. The summed E-state index contributed by atoms with van der Waals surface area (Å²) in [6.07, 6.45) is 0. The highest BCUT2D eigenvalue weighted by Crippen LogP contribution is 2.53. The average molecular weight is 1530 g/mol. The average Bonchev–Trinajstić information content (AvgIpc) is 1.53. The number of benzene rings is 16. The van der Waals surface area contributed by atoms with E-state index in [4.69, 9.17) is 29.9 Å². The van der Waals surface area contributed by atoms with Crippen LogP contribution in [-0.4, -0.2) is 43.1 Å². The van der Waals surface area contributed by atoms with E-state index in [1.807, 2.05) is 93.9 Å². The summed E-state index contributed by atoms with van der Waals surface area (Å²) in [4.78, 5) is 30.8. The summed E-state index contributed by atoms with van der Waals surface area (Å²) in [6.45, 7) is 0. The van der Waals surface area contributed by atoms with Crippen molar-refractivity contribution in [2.45, 2.75) is 0 Å². The van der Waals surface area contributed by atoms with Crippen LogP contribution in [0.5, 0.6) is 0 Å². The molecule has 0 bridgehead atoms. The Balaban J connectivity index is 0.0000000932. The molecule has 0 radical (unpaired) electrons. The van der Waals surface area contributed by atoms with Crippen LogP contribution in [0, 0.1) is 0 Å². The molecule has 13 heteroatoms. The molecule has 13 aromatic heterocycles. The lowest BCUT2D eigenvalue weighted by molar-refractivity contribution is 1.28. The standard InChI is InChI=1S/C38H19N3S2.2C32H17N3S/c1-5-11-29-24(8-1)35-34-25-16-14-21(20-13-15-23-22-7-2-6-12-30(22)42-31(23)17-20)18-32(25)43-33(34)19-26-36-38(41(29)37(26)35)40-28-10-4-3-9-27(28)39-36;1-2-9-18(10-3-1)19-12-8-13-21-27-26(36-31(19)21)17-22-29-32(34-24-15-6-5-14-23(24)33-29)35-25-16-7-4-11-20(25)28(27)30(22)35;1-2-8-18(9-3-1)19-14-15-26-21(16-19)28-27(36-26)17-22-30-32(34-24-12-6-5-11-23(24)33-30)35-25-13-7-4-10-20(25)29(28)31(22)35/h1-19H;2*1-17H. The first-order chi connectivity index (χ1) is 57.0. The van der Waals surface area contributed by atoms with Crippen molar-refractivity contribution in [3.63, 3.8) is 0 Å². The minimum atomic E-state index is 0.925. The van der Waals surface area contributed by atoms with E-state index in [1.54, 1.807) is 0 Å². The molecule has 530 valence electrons. The molecule has 0 atom stereocenters. The summed E-state index contributed by atoms with van der Waals surface area (Å²) in [5, 5.41) is 21.9. The van der Waals surface area contributed by atoms with Crippen LogP contribution in [0.3, 0.4) is 0 Å². The number of rotatable bonds is 3. The molecule has 115 heavy (non-hydrogen) atoms. The van der Waals surface area contributed by atoms with Gasteiger partial charge in [0.1, 0.15) is 16.6 Å². The van der Waals surface area contributed by atoms with Crippen LogP contribution in [0.4, 0.5) is 0 Å². The topological polar surface area (TPSA) is 90.6 Å². The molecule has 0 aliphatic carbocycles. The first-order valence-corrected chi connectivity index (χ1v) is 41.9. The van der Waals surface area contributed by atoms with Gasteiger partial charge in [-0.1, -0.05) is 218 Å². The lowest BCUT2D eigenvalue weighted by Gasteiger charge is -2.03. The lowest BCUT2D eigenvalue weighted by atomic mass is 10.00. The van der Waals surface area contributed by atoms with E-state index in [0.29, 0.717) is 0 Å². The van der Waals surface area contributed by atoms with Gasteiger partial charge in [-0.15, -0.1) is 45.3 Å². The van der Waals surface area contributed by atoms with Crippen LogP contribution >= 0.6 is 45.3 Å². The summed E-state index contributed by atoms with van der Waals surface area (Å²) in [7, 11) is 0. The zero-order chi connectivity index (χ0) is 74.6. The molecule has 0 aliphatic rings. The highest BCUT2D eigenvalue weighted by molar-refractivity contribution is 7.27. The molecule has 0 saturated heterocycles. The van der Waals surface area contributed by atoms with E-state index in [2.05, 4.69) is 286 Å². The van der Waals surface area contributed by atoms with Crippen molar-refractivity contribution in [2.24, 2.45) is 0 Å². The fourth-order valence-electron chi connectivity index (χ4n) is 19.2. The Morgan fingerprint density at radius 2 is 0.548 bits per heavy atom. The molecule has 16 aromatic carbocycles. The smallest absolute Gasteiger partial charge is 0.165 e. The molecule has 0 spiro atoms. The second-order valence-corrected chi connectivity index (χ2v) is 34.5. The fourth-order valence-corrected chi connectivity index (χ4v) is 24.0. The van der Waals surface area contributed by atoms with Crippen LogP contribution in [0.2, 0.25) is 0 Å². The van der Waals surface area contributed by atoms with Crippen molar-refractivity contribution in [1.29, 1.82) is 0 Å². The van der Waals surface area contributed by atoms with Gasteiger partial charge in [-0.2, -0.15) is 0 Å². The van der Waals surface area contributed by atoms with Crippen LogP contribution < -0.4 is 0 Å². The van der Waals surface area contributed by atoms with Gasteiger partial charge in [-0.25, -0.2) is 29.9 Å². The van der Waals surface area contributed by atoms with Crippen LogP contribution in [-0.2, 0) is 0 Å². The highest BCUT2D eigenvalue weighted by atomic mass is 32.1. The van der Waals surface area contributed by atoms with E-state index in [-0.39, 0.29) is 0 Å². The number of hydrogen-bond donors (Lipinski definition) is 0. The van der Waals surface area contributed by atoms with Gasteiger partial charge in [0.15, 0.2) is 16.9 Å². The van der Waals surface area contributed by atoms with Crippen molar-refractivity contribution >= 4 is 274 Å². The maximum Gasteiger partial charge on any atom is 0.165 e. The van der Waals surface area contributed by atoms with Gasteiger partial charge in [-0.3, -0.25) is 13.2 Å². The summed E-state index contributed by atoms with van der Waals surface area (Å²) in [6, 6.07) is 115. The number of aromatic nitrogens is 9. The Bertz CT molecular complexity index is 9160. The van der Waals surface area contributed by atoms with Gasteiger partial charge in [0, 0.05) is 129 Å². The van der Waals surface area contributed by atoms with Gasteiger partial charge in [0.25, 0.3) is 0 Å². The molecule has 0 N–H and O–H groups in total. The number of nitrogens with zero attached hydrogens (tertiary/aromatic N) is 9. The first kappa shape index (κ1) is 62.5. The minimum Gasteiger partial charge on any atom is -0.291 e. The van der Waals surface area contributed by atoms with Crippen molar-refractivity contribution in [3.8, 4) is 33.4 Å². The monoisotopic (exact) mass is 1530 g/mol. The highest BCUT2D eigenvalue weighted by Gasteiger charge is 2.29.